The zero-order valence-corrected chi connectivity index (χ0v) is 13.5. The molecule has 4 nitrogen and oxygen atoms in total. The Morgan fingerprint density at radius 2 is 1.65 bits per heavy atom. The van der Waals surface area contributed by atoms with Gasteiger partial charge in [-0.25, -0.2) is 0 Å². The summed E-state index contributed by atoms with van der Waals surface area (Å²) >= 11 is 0. The van der Waals surface area contributed by atoms with Crippen LogP contribution < -0.4 is 5.32 Å². The topological polar surface area (TPSA) is 27.7 Å². The maximum absolute atomic E-state index is 5.60. The zero-order valence-electron chi connectivity index (χ0n) is 13.5. The molecule has 0 radical (unpaired) electrons. The Morgan fingerprint density at radius 1 is 1.00 bits per heavy atom. The summed E-state index contributed by atoms with van der Waals surface area (Å²) in [6.45, 7) is 16.1. The Bertz CT molecular complexity index is 258. The number of hydrogen-bond donors (Lipinski definition) is 1. The Morgan fingerprint density at radius 3 is 2.25 bits per heavy atom. The SMILES string of the molecule is CCCNCC1(CN2CCN(CC)CC2)CCOCC1. The predicted octanol–water partition coefficient (Wildman–Crippen LogP) is 1.42. The van der Waals surface area contributed by atoms with Gasteiger partial charge in [0, 0.05) is 52.5 Å². The fourth-order valence-electron chi connectivity index (χ4n) is 3.46. The first-order valence-corrected chi connectivity index (χ1v) is 8.51. The minimum Gasteiger partial charge on any atom is -0.381 e. The third-order valence-corrected chi connectivity index (χ3v) is 4.95. The van der Waals surface area contributed by atoms with Crippen LogP contribution in [0, 0.1) is 5.41 Å². The van der Waals surface area contributed by atoms with Crippen molar-refractivity contribution in [2.45, 2.75) is 33.1 Å². The Balaban J connectivity index is 1.83. The third kappa shape index (κ3) is 4.69. The van der Waals surface area contributed by atoms with Gasteiger partial charge in [-0.15, -0.1) is 0 Å². The second-order valence-corrected chi connectivity index (χ2v) is 6.50. The molecule has 0 aromatic carbocycles. The lowest BCUT2D eigenvalue weighted by Gasteiger charge is -2.44. The Kier molecular flexibility index (Phi) is 6.75. The molecule has 0 atom stereocenters. The number of rotatable bonds is 7. The number of nitrogens with zero attached hydrogens (tertiary/aromatic N) is 2. The summed E-state index contributed by atoms with van der Waals surface area (Å²) in [5.74, 6) is 0. The van der Waals surface area contributed by atoms with Gasteiger partial charge in [0.25, 0.3) is 0 Å². The second kappa shape index (κ2) is 8.32. The summed E-state index contributed by atoms with van der Waals surface area (Å²) in [6.07, 6.45) is 3.66. The predicted molar refractivity (Wildman–Crippen MR) is 84.2 cm³/mol. The van der Waals surface area contributed by atoms with Crippen LogP contribution in [0.25, 0.3) is 0 Å². The number of nitrogens with one attached hydrogen (secondary N) is 1. The van der Waals surface area contributed by atoms with E-state index in [0.29, 0.717) is 5.41 Å². The molecule has 2 aliphatic heterocycles. The van der Waals surface area contributed by atoms with E-state index in [2.05, 4.69) is 29.0 Å². The third-order valence-electron chi connectivity index (χ3n) is 4.95. The lowest BCUT2D eigenvalue weighted by atomic mass is 9.79. The van der Waals surface area contributed by atoms with Gasteiger partial charge in [0.1, 0.15) is 0 Å². The monoisotopic (exact) mass is 283 g/mol. The van der Waals surface area contributed by atoms with E-state index < -0.39 is 0 Å². The van der Waals surface area contributed by atoms with Gasteiger partial charge >= 0.3 is 0 Å². The van der Waals surface area contributed by atoms with Crippen molar-refractivity contribution in [1.29, 1.82) is 0 Å². The fourth-order valence-corrected chi connectivity index (χ4v) is 3.46. The first-order chi connectivity index (χ1) is 9.78. The van der Waals surface area contributed by atoms with Gasteiger partial charge in [0.2, 0.25) is 0 Å². The molecular weight excluding hydrogens is 250 g/mol. The van der Waals surface area contributed by atoms with E-state index >= 15 is 0 Å². The molecule has 20 heavy (non-hydrogen) atoms. The van der Waals surface area contributed by atoms with E-state index in [1.165, 1.54) is 58.5 Å². The van der Waals surface area contributed by atoms with E-state index in [4.69, 9.17) is 4.74 Å². The average Bonchev–Trinajstić information content (AvgIpc) is 2.49. The molecule has 0 unspecified atom stereocenters. The maximum Gasteiger partial charge on any atom is 0.0472 e. The van der Waals surface area contributed by atoms with Crippen LogP contribution in [0.2, 0.25) is 0 Å². The lowest BCUT2D eigenvalue weighted by Crippen LogP contribution is -2.53. The Hall–Kier alpha value is -0.160. The molecule has 0 saturated carbocycles. The van der Waals surface area contributed by atoms with Crippen LogP contribution in [-0.2, 0) is 4.74 Å². The summed E-state index contributed by atoms with van der Waals surface area (Å²) in [6, 6.07) is 0. The van der Waals surface area contributed by atoms with E-state index in [1.807, 2.05) is 0 Å². The molecule has 2 saturated heterocycles. The number of likely N-dealkylation sites (N-methyl/N-ethyl adjacent to an activating group) is 1. The van der Waals surface area contributed by atoms with Crippen LogP contribution in [0.15, 0.2) is 0 Å². The van der Waals surface area contributed by atoms with Crippen LogP contribution in [0.1, 0.15) is 33.1 Å². The first-order valence-electron chi connectivity index (χ1n) is 8.51. The highest BCUT2D eigenvalue weighted by atomic mass is 16.5. The van der Waals surface area contributed by atoms with E-state index in [9.17, 15) is 0 Å². The average molecular weight is 283 g/mol. The van der Waals surface area contributed by atoms with Crippen molar-refractivity contribution in [3.8, 4) is 0 Å². The minimum atomic E-state index is 0.446. The molecular formula is C16H33N3O. The van der Waals surface area contributed by atoms with Gasteiger partial charge < -0.3 is 19.9 Å². The van der Waals surface area contributed by atoms with Crippen LogP contribution in [0.5, 0.6) is 0 Å². The van der Waals surface area contributed by atoms with E-state index in [1.54, 1.807) is 0 Å². The van der Waals surface area contributed by atoms with Crippen LogP contribution in [-0.4, -0.2) is 75.4 Å². The smallest absolute Gasteiger partial charge is 0.0472 e. The van der Waals surface area contributed by atoms with Crippen molar-refractivity contribution < 1.29 is 4.74 Å². The normalized spacial score (nSPS) is 24.9. The van der Waals surface area contributed by atoms with Crippen molar-refractivity contribution >= 4 is 0 Å². The van der Waals surface area contributed by atoms with Gasteiger partial charge in [0.05, 0.1) is 0 Å². The molecule has 4 heteroatoms. The van der Waals surface area contributed by atoms with Crippen molar-refractivity contribution in [2.24, 2.45) is 5.41 Å². The standard InChI is InChI=1S/C16H33N3O/c1-3-7-17-14-16(5-12-20-13-6-16)15-19-10-8-18(4-2)9-11-19/h17H,3-15H2,1-2H3. The van der Waals surface area contributed by atoms with Gasteiger partial charge in [0.15, 0.2) is 0 Å². The quantitative estimate of drug-likeness (QED) is 0.715. The second-order valence-electron chi connectivity index (χ2n) is 6.50. The van der Waals surface area contributed by atoms with Gasteiger partial charge in [-0.1, -0.05) is 13.8 Å². The van der Waals surface area contributed by atoms with E-state index in [0.717, 1.165) is 26.3 Å². The molecule has 0 aliphatic carbocycles. The first kappa shape index (κ1) is 16.2. The summed E-state index contributed by atoms with van der Waals surface area (Å²) < 4.78 is 5.60. The van der Waals surface area contributed by atoms with Gasteiger partial charge in [-0.2, -0.15) is 0 Å². The highest BCUT2D eigenvalue weighted by molar-refractivity contribution is 4.88. The highest BCUT2D eigenvalue weighted by Gasteiger charge is 2.34. The fraction of sp³-hybridized carbons (Fsp3) is 1.00. The molecule has 118 valence electrons. The highest BCUT2D eigenvalue weighted by Crippen LogP contribution is 2.31. The largest absolute Gasteiger partial charge is 0.381 e. The molecule has 1 N–H and O–H groups in total. The molecule has 0 aromatic rings. The van der Waals surface area contributed by atoms with Gasteiger partial charge in [-0.3, -0.25) is 0 Å². The molecule has 0 amide bonds. The molecule has 0 spiro atoms. The van der Waals surface area contributed by atoms with Crippen LogP contribution >= 0.6 is 0 Å². The van der Waals surface area contributed by atoms with Crippen molar-refractivity contribution in [1.82, 2.24) is 15.1 Å². The summed E-state index contributed by atoms with van der Waals surface area (Å²) in [7, 11) is 0. The van der Waals surface area contributed by atoms with Crippen molar-refractivity contribution in [3.05, 3.63) is 0 Å². The summed E-state index contributed by atoms with van der Waals surface area (Å²) in [5.41, 5.74) is 0.446. The van der Waals surface area contributed by atoms with Crippen molar-refractivity contribution in [2.75, 3.05) is 65.6 Å². The molecule has 2 heterocycles. The maximum atomic E-state index is 5.60. The summed E-state index contributed by atoms with van der Waals surface area (Å²) in [5, 5.41) is 3.66. The van der Waals surface area contributed by atoms with Gasteiger partial charge in [-0.05, 0) is 37.8 Å². The number of ether oxygens (including phenoxy) is 1. The number of piperazine rings is 1. The molecule has 2 aliphatic rings. The number of hydrogen-bond acceptors (Lipinski definition) is 4. The molecule has 2 fully saturated rings. The van der Waals surface area contributed by atoms with Crippen LogP contribution in [0.4, 0.5) is 0 Å². The molecule has 2 rings (SSSR count). The summed E-state index contributed by atoms with van der Waals surface area (Å²) in [4.78, 5) is 5.24. The molecule has 0 aromatic heterocycles. The van der Waals surface area contributed by atoms with Crippen molar-refractivity contribution in [3.63, 3.8) is 0 Å². The Labute approximate surface area is 124 Å². The molecule has 0 bridgehead atoms. The minimum absolute atomic E-state index is 0.446. The van der Waals surface area contributed by atoms with Crippen LogP contribution in [0.3, 0.4) is 0 Å². The zero-order chi connectivity index (χ0) is 14.3. The van der Waals surface area contributed by atoms with E-state index in [-0.39, 0.29) is 0 Å². The lowest BCUT2D eigenvalue weighted by molar-refractivity contribution is -0.0119.